The van der Waals surface area contributed by atoms with Crippen molar-refractivity contribution in [3.8, 4) is 5.75 Å². The second-order valence-electron chi connectivity index (χ2n) is 5.98. The molecule has 1 aliphatic rings. The third kappa shape index (κ3) is 3.80. The summed E-state index contributed by atoms with van der Waals surface area (Å²) in [6, 6.07) is 13.4. The van der Waals surface area contributed by atoms with Crippen LogP contribution in [-0.4, -0.2) is 37.2 Å². The number of anilines is 1. The molecular formula is C19H20N2O5S. The smallest absolute Gasteiger partial charge is 0.267 e. The first-order valence-corrected chi connectivity index (χ1v) is 10.0. The fourth-order valence-electron chi connectivity index (χ4n) is 2.97. The molecular weight excluding hydrogens is 368 g/mol. The number of benzene rings is 2. The van der Waals surface area contributed by atoms with Crippen molar-refractivity contribution < 1.29 is 22.7 Å². The topological polar surface area (TPSA) is 92.8 Å². The van der Waals surface area contributed by atoms with Gasteiger partial charge in [-0.05, 0) is 37.6 Å². The standard InChI is InChI=1S/C19H20N2O5S/c1-2-26-17-11-7-6-10-15(17)20-19(23)16-12-13-18(22)21(16)27(24,25)14-8-4-3-5-9-14/h3-11,16H,2,12-13H2,1H3,(H,20,23)/t16-/m1/s1. The maximum absolute atomic E-state index is 12.9. The van der Waals surface area contributed by atoms with Crippen LogP contribution in [0.15, 0.2) is 59.5 Å². The summed E-state index contributed by atoms with van der Waals surface area (Å²) >= 11 is 0. The highest BCUT2D eigenvalue weighted by Crippen LogP contribution is 2.30. The minimum Gasteiger partial charge on any atom is -0.492 e. The van der Waals surface area contributed by atoms with Gasteiger partial charge in [0.15, 0.2) is 0 Å². The minimum absolute atomic E-state index is 0.00272. The van der Waals surface area contributed by atoms with E-state index in [-0.39, 0.29) is 17.7 Å². The van der Waals surface area contributed by atoms with Gasteiger partial charge in [-0.15, -0.1) is 0 Å². The Kier molecular flexibility index (Phi) is 5.46. The van der Waals surface area contributed by atoms with Crippen LogP contribution in [0.3, 0.4) is 0 Å². The Morgan fingerprint density at radius 1 is 1.15 bits per heavy atom. The maximum Gasteiger partial charge on any atom is 0.267 e. The molecule has 0 aromatic heterocycles. The highest BCUT2D eigenvalue weighted by molar-refractivity contribution is 7.89. The molecule has 2 amide bonds. The zero-order chi connectivity index (χ0) is 19.4. The van der Waals surface area contributed by atoms with E-state index >= 15 is 0 Å². The van der Waals surface area contributed by atoms with Gasteiger partial charge in [-0.25, -0.2) is 12.7 Å². The number of carbonyl (C=O) groups is 2. The Hall–Kier alpha value is -2.87. The van der Waals surface area contributed by atoms with Crippen molar-refractivity contribution in [2.75, 3.05) is 11.9 Å². The highest BCUT2D eigenvalue weighted by atomic mass is 32.2. The maximum atomic E-state index is 12.9. The lowest BCUT2D eigenvalue weighted by Crippen LogP contribution is -2.45. The van der Waals surface area contributed by atoms with Crippen molar-refractivity contribution in [2.24, 2.45) is 0 Å². The second-order valence-corrected chi connectivity index (χ2v) is 7.80. The highest BCUT2D eigenvalue weighted by Gasteiger charge is 2.44. The van der Waals surface area contributed by atoms with E-state index in [1.165, 1.54) is 12.1 Å². The Labute approximate surface area is 158 Å². The molecule has 0 unspecified atom stereocenters. The summed E-state index contributed by atoms with van der Waals surface area (Å²) in [6.45, 7) is 2.24. The van der Waals surface area contributed by atoms with Crippen LogP contribution in [0.1, 0.15) is 19.8 Å². The van der Waals surface area contributed by atoms with Crippen molar-refractivity contribution >= 4 is 27.5 Å². The number of amides is 2. The number of rotatable bonds is 6. The summed E-state index contributed by atoms with van der Waals surface area (Å²) < 4.78 is 31.9. The lowest BCUT2D eigenvalue weighted by atomic mass is 10.2. The van der Waals surface area contributed by atoms with Gasteiger partial charge in [0.05, 0.1) is 17.2 Å². The monoisotopic (exact) mass is 388 g/mol. The van der Waals surface area contributed by atoms with Crippen molar-refractivity contribution in [1.29, 1.82) is 0 Å². The summed E-state index contributed by atoms with van der Waals surface area (Å²) in [6.07, 6.45) is 0.130. The van der Waals surface area contributed by atoms with Gasteiger partial charge in [-0.2, -0.15) is 0 Å². The van der Waals surface area contributed by atoms with Gasteiger partial charge in [0.25, 0.3) is 10.0 Å². The molecule has 7 nitrogen and oxygen atoms in total. The third-order valence-electron chi connectivity index (χ3n) is 4.21. The Morgan fingerprint density at radius 2 is 1.81 bits per heavy atom. The first-order chi connectivity index (χ1) is 12.9. The molecule has 142 valence electrons. The average Bonchev–Trinajstić information content (AvgIpc) is 3.07. The zero-order valence-electron chi connectivity index (χ0n) is 14.8. The van der Waals surface area contributed by atoms with Crippen LogP contribution >= 0.6 is 0 Å². The Morgan fingerprint density at radius 3 is 2.52 bits per heavy atom. The second kappa shape index (κ2) is 7.79. The average molecular weight is 388 g/mol. The van der Waals surface area contributed by atoms with Crippen molar-refractivity contribution in [1.82, 2.24) is 4.31 Å². The predicted molar refractivity (Wildman–Crippen MR) is 99.7 cm³/mol. The predicted octanol–water partition coefficient (Wildman–Crippen LogP) is 2.40. The minimum atomic E-state index is -4.10. The molecule has 0 spiro atoms. The van der Waals surface area contributed by atoms with Crippen LogP contribution in [-0.2, 0) is 19.6 Å². The van der Waals surface area contributed by atoms with Crippen LogP contribution in [0, 0.1) is 0 Å². The fourth-order valence-corrected chi connectivity index (χ4v) is 4.60. The third-order valence-corrected chi connectivity index (χ3v) is 6.05. The SMILES string of the molecule is CCOc1ccccc1NC(=O)[C@H]1CCC(=O)N1S(=O)(=O)c1ccccc1. The summed E-state index contributed by atoms with van der Waals surface area (Å²) in [5.74, 6) is -0.667. The van der Waals surface area contributed by atoms with Crippen LogP contribution in [0.25, 0.3) is 0 Å². The molecule has 1 N–H and O–H groups in total. The number of ether oxygens (including phenoxy) is 1. The molecule has 27 heavy (non-hydrogen) atoms. The lowest BCUT2D eigenvalue weighted by Gasteiger charge is -2.24. The zero-order valence-corrected chi connectivity index (χ0v) is 15.6. The van der Waals surface area contributed by atoms with Crippen molar-refractivity contribution in [3.05, 3.63) is 54.6 Å². The largest absolute Gasteiger partial charge is 0.492 e. The molecule has 1 saturated heterocycles. The van der Waals surface area contributed by atoms with Crippen molar-refractivity contribution in [3.63, 3.8) is 0 Å². The Balaban J connectivity index is 1.87. The molecule has 3 rings (SSSR count). The normalized spacial score (nSPS) is 17.0. The molecule has 0 aliphatic carbocycles. The van der Waals surface area contributed by atoms with Gasteiger partial charge >= 0.3 is 0 Å². The molecule has 2 aromatic rings. The van der Waals surface area contributed by atoms with E-state index < -0.39 is 27.9 Å². The molecule has 1 aliphatic heterocycles. The fraction of sp³-hybridized carbons (Fsp3) is 0.263. The molecule has 2 aromatic carbocycles. The van der Waals surface area contributed by atoms with E-state index in [9.17, 15) is 18.0 Å². The van der Waals surface area contributed by atoms with E-state index in [2.05, 4.69) is 5.32 Å². The van der Waals surface area contributed by atoms with Gasteiger partial charge in [0.1, 0.15) is 11.8 Å². The van der Waals surface area contributed by atoms with Gasteiger partial charge in [0, 0.05) is 6.42 Å². The Bertz CT molecular complexity index is 944. The van der Waals surface area contributed by atoms with Crippen LogP contribution in [0.2, 0.25) is 0 Å². The molecule has 0 radical (unpaired) electrons. The van der Waals surface area contributed by atoms with Gasteiger partial charge < -0.3 is 10.1 Å². The quantitative estimate of drug-likeness (QED) is 0.820. The first kappa shape index (κ1) is 18.9. The van der Waals surface area contributed by atoms with E-state index in [1.807, 2.05) is 6.92 Å². The first-order valence-electron chi connectivity index (χ1n) is 8.60. The number of hydrogen-bond acceptors (Lipinski definition) is 5. The number of carbonyl (C=O) groups excluding carboxylic acids is 2. The molecule has 1 heterocycles. The number of para-hydroxylation sites is 2. The molecule has 0 saturated carbocycles. The molecule has 1 fully saturated rings. The summed E-state index contributed by atoms with van der Waals surface area (Å²) in [7, 11) is -4.10. The summed E-state index contributed by atoms with van der Waals surface area (Å²) in [5, 5.41) is 2.69. The number of nitrogens with zero attached hydrogens (tertiary/aromatic N) is 1. The van der Waals surface area contributed by atoms with E-state index in [1.54, 1.807) is 42.5 Å². The van der Waals surface area contributed by atoms with Crippen LogP contribution in [0.5, 0.6) is 5.75 Å². The number of sulfonamides is 1. The van der Waals surface area contributed by atoms with Crippen LogP contribution in [0.4, 0.5) is 5.69 Å². The van der Waals surface area contributed by atoms with Gasteiger partial charge in [-0.1, -0.05) is 30.3 Å². The van der Waals surface area contributed by atoms with E-state index in [0.29, 0.717) is 22.3 Å². The van der Waals surface area contributed by atoms with E-state index in [4.69, 9.17) is 4.74 Å². The number of hydrogen-bond donors (Lipinski definition) is 1. The van der Waals surface area contributed by atoms with Crippen molar-refractivity contribution in [2.45, 2.75) is 30.7 Å². The summed E-state index contributed by atoms with van der Waals surface area (Å²) in [4.78, 5) is 25.0. The molecule has 8 heteroatoms. The molecule has 1 atom stereocenters. The van der Waals surface area contributed by atoms with E-state index in [0.717, 1.165) is 0 Å². The lowest BCUT2D eigenvalue weighted by molar-refractivity contribution is -0.128. The van der Waals surface area contributed by atoms with Crippen LogP contribution < -0.4 is 10.1 Å². The number of nitrogens with one attached hydrogen (secondary N) is 1. The van der Waals surface area contributed by atoms with Gasteiger partial charge in [-0.3, -0.25) is 9.59 Å². The summed E-state index contributed by atoms with van der Waals surface area (Å²) in [5.41, 5.74) is 0.431. The van der Waals surface area contributed by atoms with Gasteiger partial charge in [0.2, 0.25) is 11.8 Å². The molecule has 0 bridgehead atoms.